The molecule has 0 heterocycles. The predicted molar refractivity (Wildman–Crippen MR) is 61.2 cm³/mol. The van der Waals surface area contributed by atoms with Gasteiger partial charge in [-0.15, -0.1) is 0 Å². The van der Waals surface area contributed by atoms with Crippen LogP contribution in [-0.2, 0) is 9.53 Å². The third-order valence-corrected chi connectivity index (χ3v) is 2.18. The highest BCUT2D eigenvalue weighted by atomic mass is 16.5. The van der Waals surface area contributed by atoms with Crippen LogP contribution in [0.25, 0.3) is 0 Å². The van der Waals surface area contributed by atoms with Crippen LogP contribution >= 0.6 is 0 Å². The molecule has 0 unspecified atom stereocenters. The first kappa shape index (κ1) is 11.7. The predicted octanol–water partition coefficient (Wildman–Crippen LogP) is 1.73. The molecule has 3 nitrogen and oxygen atoms in total. The molecule has 0 N–H and O–H groups in total. The summed E-state index contributed by atoms with van der Waals surface area (Å²) in [6.45, 7) is 3.45. The number of carbonyl (C=O) groups excluding carboxylic acids is 1. The van der Waals surface area contributed by atoms with Gasteiger partial charge < -0.3 is 9.64 Å². The Hall–Kier alpha value is -1.35. The zero-order valence-electron chi connectivity index (χ0n) is 9.27. The number of rotatable bonds is 6. The Morgan fingerprint density at radius 1 is 1.33 bits per heavy atom. The van der Waals surface area contributed by atoms with Crippen molar-refractivity contribution in [1.29, 1.82) is 0 Å². The monoisotopic (exact) mass is 207 g/mol. The van der Waals surface area contributed by atoms with Crippen LogP contribution in [0.2, 0.25) is 0 Å². The van der Waals surface area contributed by atoms with Gasteiger partial charge in [0.25, 0.3) is 0 Å². The van der Waals surface area contributed by atoms with E-state index < -0.39 is 0 Å². The fraction of sp³-hybridized carbons (Fsp3) is 0.417. The largest absolute Gasteiger partial charge is 0.377 e. The number of benzene rings is 1. The third kappa shape index (κ3) is 3.72. The number of methoxy groups -OCH3 is 1. The number of Topliss-reactive ketones (excluding diaryl/α,β-unsaturated/α-hetero) is 1. The molecular formula is C12H17NO2. The molecule has 82 valence electrons. The van der Waals surface area contributed by atoms with Crippen LogP contribution in [-0.4, -0.2) is 32.6 Å². The van der Waals surface area contributed by atoms with Crippen molar-refractivity contribution in [2.75, 3.05) is 31.7 Å². The van der Waals surface area contributed by atoms with Gasteiger partial charge in [-0.1, -0.05) is 18.2 Å². The van der Waals surface area contributed by atoms with Gasteiger partial charge in [0.1, 0.15) is 6.61 Å². The van der Waals surface area contributed by atoms with Crippen molar-refractivity contribution in [1.82, 2.24) is 0 Å². The highest BCUT2D eigenvalue weighted by molar-refractivity contribution is 5.84. The average molecular weight is 207 g/mol. The minimum atomic E-state index is 0.100. The number of likely N-dealkylation sites (N-methyl/N-ethyl adjacent to an activating group) is 1. The molecule has 1 rings (SSSR count). The molecule has 15 heavy (non-hydrogen) atoms. The normalized spacial score (nSPS) is 10.0. The molecule has 0 saturated carbocycles. The second-order valence-electron chi connectivity index (χ2n) is 3.32. The van der Waals surface area contributed by atoms with E-state index in [9.17, 15) is 4.79 Å². The number of carbonyl (C=O) groups is 1. The molecule has 0 atom stereocenters. The second-order valence-corrected chi connectivity index (χ2v) is 3.32. The number of ketones is 1. The van der Waals surface area contributed by atoms with Gasteiger partial charge in [-0.25, -0.2) is 0 Å². The Morgan fingerprint density at radius 3 is 2.53 bits per heavy atom. The highest BCUT2D eigenvalue weighted by Gasteiger charge is 2.08. The van der Waals surface area contributed by atoms with E-state index in [4.69, 9.17) is 4.74 Å². The van der Waals surface area contributed by atoms with Crippen molar-refractivity contribution >= 4 is 11.5 Å². The Balaban J connectivity index is 2.61. The summed E-state index contributed by atoms with van der Waals surface area (Å²) in [5.74, 6) is 0.100. The Kier molecular flexibility index (Phi) is 4.84. The SMILES string of the molecule is CCN(CC(=O)COC)c1ccccc1. The lowest BCUT2D eigenvalue weighted by atomic mass is 10.2. The number of hydrogen-bond acceptors (Lipinski definition) is 3. The van der Waals surface area contributed by atoms with Crippen LogP contribution < -0.4 is 4.90 Å². The molecular weight excluding hydrogens is 190 g/mol. The molecule has 1 aromatic carbocycles. The number of hydrogen-bond donors (Lipinski definition) is 0. The first-order valence-corrected chi connectivity index (χ1v) is 5.08. The van der Waals surface area contributed by atoms with E-state index in [-0.39, 0.29) is 12.4 Å². The lowest BCUT2D eigenvalue weighted by Crippen LogP contribution is -2.31. The first-order valence-electron chi connectivity index (χ1n) is 5.08. The topological polar surface area (TPSA) is 29.5 Å². The Labute approximate surface area is 90.7 Å². The quantitative estimate of drug-likeness (QED) is 0.711. The summed E-state index contributed by atoms with van der Waals surface area (Å²) in [5, 5.41) is 0. The van der Waals surface area contributed by atoms with Gasteiger partial charge in [-0.05, 0) is 19.1 Å². The van der Waals surface area contributed by atoms with E-state index in [0.717, 1.165) is 12.2 Å². The molecule has 0 fully saturated rings. The molecule has 0 aliphatic carbocycles. The number of para-hydroxylation sites is 1. The summed E-state index contributed by atoms with van der Waals surface area (Å²) < 4.78 is 4.81. The van der Waals surface area contributed by atoms with Crippen LogP contribution in [0.1, 0.15) is 6.92 Å². The van der Waals surface area contributed by atoms with E-state index in [1.807, 2.05) is 42.2 Å². The molecule has 1 aromatic rings. The van der Waals surface area contributed by atoms with Gasteiger partial charge >= 0.3 is 0 Å². The minimum absolute atomic E-state index is 0.100. The van der Waals surface area contributed by atoms with E-state index in [2.05, 4.69) is 0 Å². The van der Waals surface area contributed by atoms with Crippen LogP contribution in [0.4, 0.5) is 5.69 Å². The van der Waals surface area contributed by atoms with E-state index in [0.29, 0.717) is 6.54 Å². The maximum absolute atomic E-state index is 11.4. The van der Waals surface area contributed by atoms with Crippen molar-refractivity contribution < 1.29 is 9.53 Å². The molecule has 0 saturated heterocycles. The maximum atomic E-state index is 11.4. The van der Waals surface area contributed by atoms with Gasteiger partial charge in [-0.2, -0.15) is 0 Å². The smallest absolute Gasteiger partial charge is 0.177 e. The van der Waals surface area contributed by atoms with Gasteiger partial charge in [0.05, 0.1) is 6.54 Å². The molecule has 0 spiro atoms. The fourth-order valence-electron chi connectivity index (χ4n) is 1.44. The minimum Gasteiger partial charge on any atom is -0.377 e. The Morgan fingerprint density at radius 2 is 2.00 bits per heavy atom. The number of ether oxygens (including phenoxy) is 1. The van der Waals surface area contributed by atoms with Crippen molar-refractivity contribution in [2.45, 2.75) is 6.92 Å². The number of nitrogens with zero attached hydrogens (tertiary/aromatic N) is 1. The zero-order chi connectivity index (χ0) is 11.1. The second kappa shape index (κ2) is 6.19. The lowest BCUT2D eigenvalue weighted by molar-refractivity contribution is -0.121. The van der Waals surface area contributed by atoms with E-state index >= 15 is 0 Å². The van der Waals surface area contributed by atoms with Crippen LogP contribution in [0.15, 0.2) is 30.3 Å². The summed E-state index contributed by atoms with van der Waals surface area (Å²) in [4.78, 5) is 13.4. The zero-order valence-corrected chi connectivity index (χ0v) is 9.27. The molecule has 0 aliphatic rings. The van der Waals surface area contributed by atoms with E-state index in [1.165, 1.54) is 7.11 Å². The summed E-state index contributed by atoms with van der Waals surface area (Å²) in [6.07, 6.45) is 0. The molecule has 0 aromatic heterocycles. The van der Waals surface area contributed by atoms with Crippen molar-refractivity contribution in [3.63, 3.8) is 0 Å². The number of anilines is 1. The van der Waals surface area contributed by atoms with E-state index in [1.54, 1.807) is 0 Å². The summed E-state index contributed by atoms with van der Waals surface area (Å²) >= 11 is 0. The first-order chi connectivity index (χ1) is 7.27. The molecule has 0 amide bonds. The third-order valence-electron chi connectivity index (χ3n) is 2.18. The summed E-state index contributed by atoms with van der Waals surface area (Å²) in [7, 11) is 1.54. The molecule has 3 heteroatoms. The van der Waals surface area contributed by atoms with Crippen molar-refractivity contribution in [3.05, 3.63) is 30.3 Å². The van der Waals surface area contributed by atoms with Crippen LogP contribution in [0.3, 0.4) is 0 Å². The lowest BCUT2D eigenvalue weighted by Gasteiger charge is -2.21. The summed E-state index contributed by atoms with van der Waals surface area (Å²) in [6, 6.07) is 9.92. The van der Waals surface area contributed by atoms with Crippen molar-refractivity contribution in [3.8, 4) is 0 Å². The van der Waals surface area contributed by atoms with Crippen LogP contribution in [0.5, 0.6) is 0 Å². The Bertz CT molecular complexity index is 298. The molecule has 0 radical (unpaired) electrons. The highest BCUT2D eigenvalue weighted by Crippen LogP contribution is 2.12. The standard InChI is InChI=1S/C12H17NO2/c1-3-13(9-12(14)10-15-2)11-7-5-4-6-8-11/h4-8H,3,9-10H2,1-2H3. The van der Waals surface area contributed by atoms with Gasteiger partial charge in [-0.3, -0.25) is 4.79 Å². The fourth-order valence-corrected chi connectivity index (χ4v) is 1.44. The van der Waals surface area contributed by atoms with Gasteiger partial charge in [0.2, 0.25) is 0 Å². The van der Waals surface area contributed by atoms with Gasteiger partial charge in [0.15, 0.2) is 5.78 Å². The molecule has 0 bridgehead atoms. The van der Waals surface area contributed by atoms with Crippen LogP contribution in [0, 0.1) is 0 Å². The molecule has 0 aliphatic heterocycles. The van der Waals surface area contributed by atoms with Crippen molar-refractivity contribution in [2.24, 2.45) is 0 Å². The van der Waals surface area contributed by atoms with Gasteiger partial charge in [0, 0.05) is 19.3 Å². The maximum Gasteiger partial charge on any atom is 0.177 e. The summed E-state index contributed by atoms with van der Waals surface area (Å²) in [5.41, 5.74) is 1.07. The average Bonchev–Trinajstić information content (AvgIpc) is 2.27.